The predicted molar refractivity (Wildman–Crippen MR) is 261 cm³/mol. The summed E-state index contributed by atoms with van der Waals surface area (Å²) < 4.78 is 16.7. The summed E-state index contributed by atoms with van der Waals surface area (Å²) in [5, 5.41) is 0. The third kappa shape index (κ3) is 47.7. The highest BCUT2D eigenvalue weighted by molar-refractivity contribution is 5.71. The Morgan fingerprint density at radius 1 is 0.344 bits per heavy atom. The molecule has 6 heteroatoms. The summed E-state index contributed by atoms with van der Waals surface area (Å²) in [5.41, 5.74) is 0. The van der Waals surface area contributed by atoms with Crippen LogP contribution in [-0.2, 0) is 28.6 Å². The molecule has 0 heterocycles. The number of hydrogen-bond donors (Lipinski definition) is 0. The van der Waals surface area contributed by atoms with Gasteiger partial charge in [0, 0.05) is 19.3 Å². The van der Waals surface area contributed by atoms with E-state index in [-0.39, 0.29) is 31.1 Å². The molecule has 0 saturated carbocycles. The van der Waals surface area contributed by atoms with Gasteiger partial charge in [-0.15, -0.1) is 0 Å². The summed E-state index contributed by atoms with van der Waals surface area (Å²) >= 11 is 0. The van der Waals surface area contributed by atoms with E-state index in [0.29, 0.717) is 19.3 Å². The SMILES string of the molecule is CC/C=C\C/C=C\C/C=C\C/C=C\C/C=C\CCCCCC(=O)OCC(COC(=O)CCCCCCC/C=C\CCCC)OC(=O)CCCCCCCCCCCCCCC. The van der Waals surface area contributed by atoms with Gasteiger partial charge in [0.05, 0.1) is 0 Å². The van der Waals surface area contributed by atoms with E-state index in [2.05, 4.69) is 93.7 Å². The third-order valence-corrected chi connectivity index (χ3v) is 10.7. The highest BCUT2D eigenvalue weighted by Crippen LogP contribution is 2.15. The van der Waals surface area contributed by atoms with Crippen LogP contribution < -0.4 is 0 Å². The third-order valence-electron chi connectivity index (χ3n) is 10.7. The second kappa shape index (κ2) is 49.5. The van der Waals surface area contributed by atoms with Crippen molar-refractivity contribution in [1.29, 1.82) is 0 Å². The van der Waals surface area contributed by atoms with E-state index in [1.54, 1.807) is 0 Å². The highest BCUT2D eigenvalue weighted by Gasteiger charge is 2.19. The summed E-state index contributed by atoms with van der Waals surface area (Å²) in [7, 11) is 0. The van der Waals surface area contributed by atoms with Crippen molar-refractivity contribution in [2.75, 3.05) is 13.2 Å². The van der Waals surface area contributed by atoms with Gasteiger partial charge in [-0.05, 0) is 83.5 Å². The molecule has 0 spiro atoms. The first-order chi connectivity index (χ1) is 30.0. The van der Waals surface area contributed by atoms with E-state index >= 15 is 0 Å². The van der Waals surface area contributed by atoms with Crippen molar-refractivity contribution in [3.8, 4) is 0 Å². The molecule has 0 aromatic carbocycles. The fourth-order valence-corrected chi connectivity index (χ4v) is 6.86. The molecule has 0 aliphatic carbocycles. The molecule has 0 aromatic rings. The minimum absolute atomic E-state index is 0.0892. The van der Waals surface area contributed by atoms with Crippen LogP contribution in [0.3, 0.4) is 0 Å². The first-order valence-corrected chi connectivity index (χ1v) is 25.4. The number of carbonyl (C=O) groups excluding carboxylic acids is 3. The zero-order chi connectivity index (χ0) is 44.4. The monoisotopic (exact) mass is 851 g/mol. The summed E-state index contributed by atoms with van der Waals surface area (Å²) in [6, 6.07) is 0. The summed E-state index contributed by atoms with van der Waals surface area (Å²) in [4.78, 5) is 37.9. The molecular weight excluding hydrogens is 757 g/mol. The lowest BCUT2D eigenvalue weighted by atomic mass is 10.0. The molecule has 0 amide bonds. The van der Waals surface area contributed by atoms with Crippen LogP contribution in [0, 0.1) is 0 Å². The van der Waals surface area contributed by atoms with Gasteiger partial charge in [0.25, 0.3) is 0 Å². The van der Waals surface area contributed by atoms with Crippen LogP contribution in [0.15, 0.2) is 72.9 Å². The number of allylic oxidation sites excluding steroid dienone is 12. The van der Waals surface area contributed by atoms with Gasteiger partial charge < -0.3 is 14.2 Å². The van der Waals surface area contributed by atoms with Gasteiger partial charge in [0.2, 0.25) is 0 Å². The topological polar surface area (TPSA) is 78.9 Å². The van der Waals surface area contributed by atoms with Gasteiger partial charge in [0.1, 0.15) is 13.2 Å². The molecule has 0 saturated heterocycles. The quantitative estimate of drug-likeness (QED) is 0.0263. The van der Waals surface area contributed by atoms with Crippen molar-refractivity contribution in [2.24, 2.45) is 0 Å². The molecule has 0 bridgehead atoms. The molecular formula is C55H94O6. The highest BCUT2D eigenvalue weighted by atomic mass is 16.6. The lowest BCUT2D eigenvalue weighted by Crippen LogP contribution is -2.30. The smallest absolute Gasteiger partial charge is 0.306 e. The first kappa shape index (κ1) is 57.9. The first-order valence-electron chi connectivity index (χ1n) is 25.4. The second-order valence-corrected chi connectivity index (χ2v) is 16.7. The van der Waals surface area contributed by atoms with Gasteiger partial charge in [-0.25, -0.2) is 0 Å². The number of rotatable bonds is 45. The molecule has 0 radical (unpaired) electrons. The van der Waals surface area contributed by atoms with E-state index in [1.807, 2.05) is 0 Å². The largest absolute Gasteiger partial charge is 0.462 e. The van der Waals surface area contributed by atoms with Gasteiger partial charge in [-0.3, -0.25) is 14.4 Å². The normalized spacial score (nSPS) is 12.6. The van der Waals surface area contributed by atoms with Crippen LogP contribution >= 0.6 is 0 Å². The molecule has 350 valence electrons. The molecule has 0 fully saturated rings. The molecule has 6 nitrogen and oxygen atoms in total. The zero-order valence-corrected chi connectivity index (χ0v) is 39.9. The molecule has 0 aliphatic rings. The number of unbranched alkanes of at least 4 members (excludes halogenated alkanes) is 22. The Morgan fingerprint density at radius 3 is 1.08 bits per heavy atom. The van der Waals surface area contributed by atoms with Crippen LogP contribution in [0.5, 0.6) is 0 Å². The summed E-state index contributed by atoms with van der Waals surface area (Å²) in [5.74, 6) is -0.930. The number of ether oxygens (including phenoxy) is 3. The minimum Gasteiger partial charge on any atom is -0.462 e. The van der Waals surface area contributed by atoms with Gasteiger partial charge in [0.15, 0.2) is 6.10 Å². The molecule has 61 heavy (non-hydrogen) atoms. The number of carbonyl (C=O) groups is 3. The van der Waals surface area contributed by atoms with Gasteiger partial charge in [-0.2, -0.15) is 0 Å². The lowest BCUT2D eigenvalue weighted by Gasteiger charge is -2.18. The number of hydrogen-bond acceptors (Lipinski definition) is 6. The Bertz CT molecular complexity index is 1160. The minimum atomic E-state index is -0.789. The fourth-order valence-electron chi connectivity index (χ4n) is 6.86. The molecule has 0 aliphatic heterocycles. The van der Waals surface area contributed by atoms with Crippen LogP contribution in [0.4, 0.5) is 0 Å². The maximum Gasteiger partial charge on any atom is 0.306 e. The van der Waals surface area contributed by atoms with Crippen LogP contribution in [0.25, 0.3) is 0 Å². The molecule has 0 rings (SSSR count). The average Bonchev–Trinajstić information content (AvgIpc) is 3.26. The Hall–Kier alpha value is -3.15. The lowest BCUT2D eigenvalue weighted by molar-refractivity contribution is -0.167. The molecule has 1 atom stereocenters. The number of esters is 3. The summed E-state index contributed by atoms with van der Waals surface area (Å²) in [6.07, 6.45) is 61.7. The van der Waals surface area contributed by atoms with E-state index in [4.69, 9.17) is 14.2 Å². The maximum atomic E-state index is 12.8. The fraction of sp³-hybridized carbons (Fsp3) is 0.727. The van der Waals surface area contributed by atoms with Crippen molar-refractivity contribution in [1.82, 2.24) is 0 Å². The van der Waals surface area contributed by atoms with Gasteiger partial charge in [-0.1, -0.05) is 209 Å². The van der Waals surface area contributed by atoms with E-state index < -0.39 is 6.10 Å². The standard InChI is InChI=1S/C55H94O6/c1-4-7-10-13-16-19-22-24-25-26-27-28-29-31-33-36-39-42-45-48-54(57)60-51-52(50-59-53(56)47-44-41-38-35-32-21-18-15-12-9-6-3)61-55(58)49-46-43-40-37-34-30-23-20-17-14-11-8-5-2/h7,10,15-16,18-19,24-25,27-28,31,33,52H,4-6,8-9,11-14,17,20-23,26,29-30,32,34-51H2,1-3H3/b10-7-,18-15-,19-16-,25-24-,28-27-,33-31-. The molecule has 1 unspecified atom stereocenters. The molecule has 0 N–H and O–H groups in total. The van der Waals surface area contributed by atoms with Crippen LogP contribution in [-0.4, -0.2) is 37.2 Å². The van der Waals surface area contributed by atoms with Crippen LogP contribution in [0.1, 0.15) is 239 Å². The van der Waals surface area contributed by atoms with Crippen molar-refractivity contribution >= 4 is 17.9 Å². The average molecular weight is 851 g/mol. The Morgan fingerprint density at radius 2 is 0.656 bits per heavy atom. The predicted octanol–water partition coefficient (Wildman–Crippen LogP) is 16.6. The Balaban J connectivity index is 4.42. The Kier molecular flexibility index (Phi) is 46.9. The summed E-state index contributed by atoms with van der Waals surface area (Å²) in [6.45, 7) is 6.45. The molecule has 0 aromatic heterocycles. The van der Waals surface area contributed by atoms with Crippen molar-refractivity contribution in [2.45, 2.75) is 245 Å². The van der Waals surface area contributed by atoms with Crippen molar-refractivity contribution in [3.63, 3.8) is 0 Å². The van der Waals surface area contributed by atoms with Crippen LogP contribution in [0.2, 0.25) is 0 Å². The van der Waals surface area contributed by atoms with Crippen molar-refractivity contribution < 1.29 is 28.6 Å². The van der Waals surface area contributed by atoms with Gasteiger partial charge >= 0.3 is 17.9 Å². The van der Waals surface area contributed by atoms with Crippen molar-refractivity contribution in [3.05, 3.63) is 72.9 Å². The van der Waals surface area contributed by atoms with E-state index in [1.165, 1.54) is 96.3 Å². The second-order valence-electron chi connectivity index (χ2n) is 16.7. The van der Waals surface area contributed by atoms with E-state index in [9.17, 15) is 14.4 Å². The maximum absolute atomic E-state index is 12.8. The van der Waals surface area contributed by atoms with E-state index in [0.717, 1.165) is 103 Å². The Labute approximate surface area is 376 Å². The zero-order valence-electron chi connectivity index (χ0n) is 39.9.